The van der Waals surface area contributed by atoms with Gasteiger partial charge in [-0.2, -0.15) is 4.31 Å². The van der Waals surface area contributed by atoms with Gasteiger partial charge in [-0.15, -0.1) is 0 Å². The van der Waals surface area contributed by atoms with E-state index in [4.69, 9.17) is 10.5 Å². The van der Waals surface area contributed by atoms with Crippen molar-refractivity contribution < 1.29 is 17.9 Å². The van der Waals surface area contributed by atoms with Crippen LogP contribution in [0.15, 0.2) is 29.2 Å². The van der Waals surface area contributed by atoms with Crippen molar-refractivity contribution in [3.05, 3.63) is 24.3 Å². The van der Waals surface area contributed by atoms with Crippen LogP contribution in [0.3, 0.4) is 0 Å². The van der Waals surface area contributed by atoms with Gasteiger partial charge in [-0.3, -0.25) is 4.79 Å². The second kappa shape index (κ2) is 7.11. The molecule has 1 amide bonds. The predicted molar refractivity (Wildman–Crippen MR) is 83.0 cm³/mol. The van der Waals surface area contributed by atoms with Crippen LogP contribution in [0.25, 0.3) is 0 Å². The van der Waals surface area contributed by atoms with Crippen molar-refractivity contribution >= 4 is 15.9 Å². The number of sulfonamides is 1. The molecule has 2 rings (SSSR count). The first-order valence-corrected chi connectivity index (χ1v) is 8.95. The summed E-state index contributed by atoms with van der Waals surface area (Å²) in [6, 6.07) is 5.52. The van der Waals surface area contributed by atoms with Crippen molar-refractivity contribution in [2.75, 3.05) is 13.2 Å². The molecular formula is C15H22N2O4S. The largest absolute Gasteiger partial charge is 0.494 e. The van der Waals surface area contributed by atoms with Crippen LogP contribution < -0.4 is 10.5 Å². The number of hydrogen-bond donors (Lipinski definition) is 1. The smallest absolute Gasteiger partial charge is 0.243 e. The minimum Gasteiger partial charge on any atom is -0.494 e. The highest BCUT2D eigenvalue weighted by atomic mass is 32.2. The molecule has 22 heavy (non-hydrogen) atoms. The second-order valence-electron chi connectivity index (χ2n) is 5.35. The van der Waals surface area contributed by atoms with Gasteiger partial charge in [-0.05, 0) is 43.5 Å². The van der Waals surface area contributed by atoms with Crippen LogP contribution in [0.2, 0.25) is 0 Å². The van der Waals surface area contributed by atoms with Gasteiger partial charge < -0.3 is 10.5 Å². The molecule has 2 N–H and O–H groups in total. The zero-order valence-corrected chi connectivity index (χ0v) is 13.5. The number of rotatable bonds is 6. The standard InChI is InChI=1S/C15H22N2O4S/c1-2-11-21-12-6-8-13(9-7-12)22(19,20)17-10-4-3-5-14(17)15(16)18/h6-9,14H,2-5,10-11H2,1H3,(H2,16,18). The zero-order chi connectivity index (χ0) is 16.2. The Morgan fingerprint density at radius 2 is 2.00 bits per heavy atom. The SMILES string of the molecule is CCCOc1ccc(S(=O)(=O)N2CCCCC2C(N)=O)cc1. The molecule has 1 saturated heterocycles. The number of piperidine rings is 1. The topological polar surface area (TPSA) is 89.7 Å². The van der Waals surface area contributed by atoms with Gasteiger partial charge in [-0.1, -0.05) is 13.3 Å². The van der Waals surface area contributed by atoms with Crippen LogP contribution in [0.5, 0.6) is 5.75 Å². The van der Waals surface area contributed by atoms with Crippen molar-refractivity contribution in [3.8, 4) is 5.75 Å². The monoisotopic (exact) mass is 326 g/mol. The van der Waals surface area contributed by atoms with Crippen LogP contribution >= 0.6 is 0 Å². The fourth-order valence-corrected chi connectivity index (χ4v) is 4.20. The number of carbonyl (C=O) groups is 1. The Bertz CT molecular complexity index is 613. The summed E-state index contributed by atoms with van der Waals surface area (Å²) in [6.45, 7) is 2.91. The molecule has 0 saturated carbocycles. The van der Waals surface area contributed by atoms with E-state index in [1.54, 1.807) is 12.1 Å². The highest BCUT2D eigenvalue weighted by molar-refractivity contribution is 7.89. The van der Waals surface area contributed by atoms with Gasteiger partial charge in [0.1, 0.15) is 11.8 Å². The molecule has 1 fully saturated rings. The number of nitrogens with zero attached hydrogens (tertiary/aromatic N) is 1. The third kappa shape index (κ3) is 3.59. The molecule has 122 valence electrons. The Labute approximate surface area is 131 Å². The molecule has 1 aliphatic rings. The normalized spacial score (nSPS) is 19.8. The summed E-state index contributed by atoms with van der Waals surface area (Å²) in [5.74, 6) is 0.0390. The number of amides is 1. The summed E-state index contributed by atoms with van der Waals surface area (Å²) in [7, 11) is -3.72. The van der Waals surface area contributed by atoms with Gasteiger partial charge >= 0.3 is 0 Å². The first-order chi connectivity index (χ1) is 10.5. The molecule has 1 unspecified atom stereocenters. The van der Waals surface area contributed by atoms with E-state index in [1.165, 1.54) is 16.4 Å². The maximum atomic E-state index is 12.7. The molecule has 1 aromatic rings. The van der Waals surface area contributed by atoms with Crippen molar-refractivity contribution in [2.24, 2.45) is 5.73 Å². The van der Waals surface area contributed by atoms with E-state index in [2.05, 4.69) is 0 Å². The molecule has 0 bridgehead atoms. The first kappa shape index (κ1) is 16.8. The van der Waals surface area contributed by atoms with E-state index in [-0.39, 0.29) is 4.90 Å². The van der Waals surface area contributed by atoms with Crippen LogP contribution in [-0.2, 0) is 14.8 Å². The van der Waals surface area contributed by atoms with Gasteiger partial charge in [0.2, 0.25) is 15.9 Å². The van der Waals surface area contributed by atoms with E-state index >= 15 is 0 Å². The minimum atomic E-state index is -3.72. The molecule has 1 aliphatic heterocycles. The lowest BCUT2D eigenvalue weighted by Crippen LogP contribution is -2.50. The van der Waals surface area contributed by atoms with E-state index in [9.17, 15) is 13.2 Å². The fraction of sp³-hybridized carbons (Fsp3) is 0.533. The summed E-state index contributed by atoms with van der Waals surface area (Å²) in [5.41, 5.74) is 5.35. The number of ether oxygens (including phenoxy) is 1. The lowest BCUT2D eigenvalue weighted by Gasteiger charge is -2.32. The fourth-order valence-electron chi connectivity index (χ4n) is 2.54. The lowest BCUT2D eigenvalue weighted by atomic mass is 10.0. The molecule has 0 radical (unpaired) electrons. The first-order valence-electron chi connectivity index (χ1n) is 7.51. The van der Waals surface area contributed by atoms with E-state index in [0.29, 0.717) is 25.3 Å². The van der Waals surface area contributed by atoms with Crippen molar-refractivity contribution in [1.29, 1.82) is 0 Å². The van der Waals surface area contributed by atoms with Crippen molar-refractivity contribution in [1.82, 2.24) is 4.31 Å². The van der Waals surface area contributed by atoms with Crippen LogP contribution in [-0.4, -0.2) is 37.8 Å². The number of nitrogens with two attached hydrogens (primary N) is 1. The van der Waals surface area contributed by atoms with E-state index in [1.807, 2.05) is 6.92 Å². The van der Waals surface area contributed by atoms with E-state index < -0.39 is 22.0 Å². The molecule has 1 heterocycles. The van der Waals surface area contributed by atoms with Gasteiger partial charge in [-0.25, -0.2) is 8.42 Å². The summed E-state index contributed by atoms with van der Waals surface area (Å²) < 4.78 is 32.1. The van der Waals surface area contributed by atoms with Gasteiger partial charge in [0.15, 0.2) is 0 Å². The van der Waals surface area contributed by atoms with Crippen LogP contribution in [0.1, 0.15) is 32.6 Å². The molecule has 7 heteroatoms. The Morgan fingerprint density at radius 3 is 2.59 bits per heavy atom. The molecule has 6 nitrogen and oxygen atoms in total. The highest BCUT2D eigenvalue weighted by Crippen LogP contribution is 2.26. The maximum absolute atomic E-state index is 12.7. The Balaban J connectivity index is 2.23. The number of hydrogen-bond acceptors (Lipinski definition) is 4. The molecule has 0 aromatic heterocycles. The average Bonchev–Trinajstić information content (AvgIpc) is 2.53. The zero-order valence-electron chi connectivity index (χ0n) is 12.7. The van der Waals surface area contributed by atoms with Crippen molar-refractivity contribution in [2.45, 2.75) is 43.5 Å². The molecule has 0 spiro atoms. The summed E-state index contributed by atoms with van der Waals surface area (Å²) in [4.78, 5) is 11.7. The summed E-state index contributed by atoms with van der Waals surface area (Å²) in [6.07, 6.45) is 2.91. The second-order valence-corrected chi connectivity index (χ2v) is 7.24. The van der Waals surface area contributed by atoms with Gasteiger partial charge in [0.05, 0.1) is 11.5 Å². The van der Waals surface area contributed by atoms with Gasteiger partial charge in [0.25, 0.3) is 0 Å². The Kier molecular flexibility index (Phi) is 5.42. The number of primary amides is 1. The van der Waals surface area contributed by atoms with E-state index in [0.717, 1.165) is 19.3 Å². The third-order valence-electron chi connectivity index (χ3n) is 3.69. The maximum Gasteiger partial charge on any atom is 0.243 e. The Hall–Kier alpha value is -1.60. The molecule has 1 atom stereocenters. The third-order valence-corrected chi connectivity index (χ3v) is 5.61. The van der Waals surface area contributed by atoms with Crippen LogP contribution in [0.4, 0.5) is 0 Å². The van der Waals surface area contributed by atoms with Crippen molar-refractivity contribution in [3.63, 3.8) is 0 Å². The number of carbonyl (C=O) groups excluding carboxylic acids is 1. The summed E-state index contributed by atoms with van der Waals surface area (Å²) in [5, 5.41) is 0. The molecular weight excluding hydrogens is 304 g/mol. The predicted octanol–water partition coefficient (Wildman–Crippen LogP) is 1.50. The molecule has 0 aliphatic carbocycles. The number of benzene rings is 1. The highest BCUT2D eigenvalue weighted by Gasteiger charge is 2.36. The minimum absolute atomic E-state index is 0.157. The van der Waals surface area contributed by atoms with Gasteiger partial charge in [0, 0.05) is 6.54 Å². The average molecular weight is 326 g/mol. The Morgan fingerprint density at radius 1 is 1.32 bits per heavy atom. The van der Waals surface area contributed by atoms with Crippen LogP contribution in [0, 0.1) is 0 Å². The summed E-state index contributed by atoms with van der Waals surface area (Å²) >= 11 is 0. The lowest BCUT2D eigenvalue weighted by molar-refractivity contribution is -0.122. The quantitative estimate of drug-likeness (QED) is 0.858. The molecule has 1 aromatic carbocycles.